The van der Waals surface area contributed by atoms with Crippen LogP contribution in [0.5, 0.6) is 0 Å². The molecule has 0 saturated heterocycles. The molecule has 0 radical (unpaired) electrons. The van der Waals surface area contributed by atoms with E-state index in [1.165, 1.54) is 0 Å². The maximum Gasteiger partial charge on any atom is 0.0517 e. The molecule has 0 aliphatic heterocycles. The fourth-order valence-electron chi connectivity index (χ4n) is 1.19. The van der Waals surface area contributed by atoms with Crippen LogP contribution in [0, 0.1) is 0 Å². The molecule has 0 spiro atoms. The van der Waals surface area contributed by atoms with Gasteiger partial charge >= 0.3 is 0 Å². The molecule has 14 heavy (non-hydrogen) atoms. The summed E-state index contributed by atoms with van der Waals surface area (Å²) in [5, 5.41) is 0. The second kappa shape index (κ2) is 5.51. The van der Waals surface area contributed by atoms with Crippen molar-refractivity contribution in [2.45, 2.75) is 19.1 Å². The smallest absolute Gasteiger partial charge is 0.0517 e. The van der Waals surface area contributed by atoms with Crippen molar-refractivity contribution in [3.8, 4) is 0 Å². The Morgan fingerprint density at radius 1 is 1.50 bits per heavy atom. The van der Waals surface area contributed by atoms with Gasteiger partial charge in [0.05, 0.1) is 5.75 Å². The highest BCUT2D eigenvalue weighted by molar-refractivity contribution is 9.10. The van der Waals surface area contributed by atoms with Crippen molar-refractivity contribution < 1.29 is 4.21 Å². The summed E-state index contributed by atoms with van der Waals surface area (Å²) < 4.78 is 12.5. The lowest BCUT2D eigenvalue weighted by Crippen LogP contribution is -2.03. The van der Waals surface area contributed by atoms with E-state index >= 15 is 0 Å². The molecule has 0 saturated carbocycles. The number of hydrogen-bond donors (Lipinski definition) is 1. The Bertz CT molecular complexity index is 321. The van der Waals surface area contributed by atoms with E-state index in [0.29, 0.717) is 11.4 Å². The standard InChI is InChI=1S/C10H14BrNOS/c1-2-6-14(13)7-8-9(11)4-3-5-10(8)12/h3-5H,2,6-7,12H2,1H3. The maximum absolute atomic E-state index is 11.6. The van der Waals surface area contributed by atoms with Crippen LogP contribution < -0.4 is 5.73 Å². The molecule has 2 nitrogen and oxygen atoms in total. The highest BCUT2D eigenvalue weighted by Gasteiger charge is 2.07. The van der Waals surface area contributed by atoms with Crippen LogP contribution in [0.3, 0.4) is 0 Å². The van der Waals surface area contributed by atoms with Gasteiger partial charge in [0.1, 0.15) is 0 Å². The van der Waals surface area contributed by atoms with E-state index in [2.05, 4.69) is 15.9 Å². The number of hydrogen-bond acceptors (Lipinski definition) is 2. The number of rotatable bonds is 4. The zero-order chi connectivity index (χ0) is 10.6. The summed E-state index contributed by atoms with van der Waals surface area (Å²) in [6, 6.07) is 5.64. The SMILES string of the molecule is CCCS(=O)Cc1c(N)cccc1Br. The monoisotopic (exact) mass is 275 g/mol. The number of benzene rings is 1. The Hall–Kier alpha value is -0.350. The van der Waals surface area contributed by atoms with Crippen molar-refractivity contribution in [3.63, 3.8) is 0 Å². The van der Waals surface area contributed by atoms with Gasteiger partial charge in [0.2, 0.25) is 0 Å². The van der Waals surface area contributed by atoms with Gasteiger partial charge in [-0.1, -0.05) is 28.9 Å². The minimum absolute atomic E-state index is 0.543. The molecule has 1 aromatic carbocycles. The molecule has 0 bridgehead atoms. The Morgan fingerprint density at radius 3 is 2.79 bits per heavy atom. The second-order valence-electron chi connectivity index (χ2n) is 3.10. The lowest BCUT2D eigenvalue weighted by Gasteiger charge is -2.07. The van der Waals surface area contributed by atoms with E-state index in [0.717, 1.165) is 22.2 Å². The third-order valence-corrected chi connectivity index (χ3v) is 4.11. The molecule has 1 unspecified atom stereocenters. The van der Waals surface area contributed by atoms with Gasteiger partial charge in [0.15, 0.2) is 0 Å². The number of nitrogen functional groups attached to an aromatic ring is 1. The summed E-state index contributed by atoms with van der Waals surface area (Å²) in [7, 11) is -0.802. The average molecular weight is 276 g/mol. The van der Waals surface area contributed by atoms with Crippen molar-refractivity contribution in [1.29, 1.82) is 0 Å². The fourth-order valence-corrected chi connectivity index (χ4v) is 3.14. The Balaban J connectivity index is 2.80. The van der Waals surface area contributed by atoms with Crippen LogP contribution in [0.25, 0.3) is 0 Å². The second-order valence-corrected chi connectivity index (χ2v) is 5.53. The third kappa shape index (κ3) is 3.10. The first-order valence-electron chi connectivity index (χ1n) is 4.53. The van der Waals surface area contributed by atoms with Crippen LogP contribution in [-0.4, -0.2) is 9.96 Å². The number of nitrogens with two attached hydrogens (primary N) is 1. The first-order valence-corrected chi connectivity index (χ1v) is 6.81. The summed E-state index contributed by atoms with van der Waals surface area (Å²) in [5.41, 5.74) is 7.47. The van der Waals surface area contributed by atoms with Gasteiger partial charge in [0.25, 0.3) is 0 Å². The quantitative estimate of drug-likeness (QED) is 0.859. The summed E-state index contributed by atoms with van der Waals surface area (Å²) >= 11 is 3.41. The van der Waals surface area contributed by atoms with E-state index in [-0.39, 0.29) is 0 Å². The predicted molar refractivity (Wildman–Crippen MR) is 65.6 cm³/mol. The molecule has 0 aliphatic carbocycles. The van der Waals surface area contributed by atoms with Crippen LogP contribution in [-0.2, 0) is 16.6 Å². The van der Waals surface area contributed by atoms with Crippen LogP contribution in [0.2, 0.25) is 0 Å². The van der Waals surface area contributed by atoms with Gasteiger partial charge in [-0.2, -0.15) is 0 Å². The number of halogens is 1. The van der Waals surface area contributed by atoms with Crippen molar-refractivity contribution >= 4 is 32.4 Å². The van der Waals surface area contributed by atoms with Gasteiger partial charge in [-0.05, 0) is 18.6 Å². The first kappa shape index (κ1) is 11.7. The lowest BCUT2D eigenvalue weighted by molar-refractivity contribution is 0.681. The number of anilines is 1. The van der Waals surface area contributed by atoms with Gasteiger partial charge in [-0.15, -0.1) is 0 Å². The van der Waals surface area contributed by atoms with E-state index in [1.54, 1.807) is 0 Å². The Morgan fingerprint density at radius 2 is 2.21 bits per heavy atom. The normalized spacial score (nSPS) is 12.7. The van der Waals surface area contributed by atoms with Crippen molar-refractivity contribution in [1.82, 2.24) is 0 Å². The summed E-state index contributed by atoms with van der Waals surface area (Å²) in [5.74, 6) is 1.28. The summed E-state index contributed by atoms with van der Waals surface area (Å²) in [4.78, 5) is 0. The van der Waals surface area contributed by atoms with E-state index < -0.39 is 10.8 Å². The minimum Gasteiger partial charge on any atom is -0.398 e. The third-order valence-electron chi connectivity index (χ3n) is 1.89. The van der Waals surface area contributed by atoms with Crippen molar-refractivity contribution in [3.05, 3.63) is 28.2 Å². The van der Waals surface area contributed by atoms with Crippen LogP contribution in [0.1, 0.15) is 18.9 Å². The Labute approximate surface area is 95.5 Å². The molecule has 0 heterocycles. The predicted octanol–water partition coefficient (Wildman–Crippen LogP) is 2.69. The van der Waals surface area contributed by atoms with Crippen LogP contribution >= 0.6 is 15.9 Å². The average Bonchev–Trinajstić information content (AvgIpc) is 2.12. The minimum atomic E-state index is -0.802. The van der Waals surface area contributed by atoms with Gasteiger partial charge in [0, 0.05) is 32.3 Å². The molecule has 78 valence electrons. The molecular formula is C10H14BrNOS. The lowest BCUT2D eigenvalue weighted by atomic mass is 10.2. The van der Waals surface area contributed by atoms with Gasteiger partial charge in [-0.3, -0.25) is 4.21 Å². The van der Waals surface area contributed by atoms with Crippen LogP contribution in [0.4, 0.5) is 5.69 Å². The largest absolute Gasteiger partial charge is 0.398 e. The highest BCUT2D eigenvalue weighted by atomic mass is 79.9. The molecule has 0 aromatic heterocycles. The molecule has 0 amide bonds. The van der Waals surface area contributed by atoms with E-state index in [9.17, 15) is 4.21 Å². The molecule has 1 rings (SSSR count). The maximum atomic E-state index is 11.6. The zero-order valence-corrected chi connectivity index (χ0v) is 10.5. The molecule has 2 N–H and O–H groups in total. The topological polar surface area (TPSA) is 43.1 Å². The van der Waals surface area contributed by atoms with Crippen LogP contribution in [0.15, 0.2) is 22.7 Å². The Kier molecular flexibility index (Phi) is 4.62. The van der Waals surface area contributed by atoms with Gasteiger partial charge < -0.3 is 5.73 Å². The first-order chi connectivity index (χ1) is 6.65. The molecule has 4 heteroatoms. The van der Waals surface area contributed by atoms with E-state index in [4.69, 9.17) is 5.73 Å². The molecule has 1 atom stereocenters. The van der Waals surface area contributed by atoms with Crippen molar-refractivity contribution in [2.24, 2.45) is 0 Å². The molecule has 1 aromatic rings. The van der Waals surface area contributed by atoms with Gasteiger partial charge in [-0.25, -0.2) is 0 Å². The molecular weight excluding hydrogens is 262 g/mol. The molecule has 0 fully saturated rings. The molecule has 0 aliphatic rings. The fraction of sp³-hybridized carbons (Fsp3) is 0.400. The summed E-state index contributed by atoms with van der Waals surface area (Å²) in [6.45, 7) is 2.03. The summed E-state index contributed by atoms with van der Waals surface area (Å²) in [6.07, 6.45) is 0.941. The highest BCUT2D eigenvalue weighted by Crippen LogP contribution is 2.23. The zero-order valence-electron chi connectivity index (χ0n) is 8.13. The van der Waals surface area contributed by atoms with E-state index in [1.807, 2.05) is 25.1 Å². The van der Waals surface area contributed by atoms with Crippen molar-refractivity contribution in [2.75, 3.05) is 11.5 Å².